The second-order valence-corrected chi connectivity index (χ2v) is 9.14. The molecule has 0 saturated heterocycles. The van der Waals surface area contributed by atoms with Gasteiger partial charge >= 0.3 is 0 Å². The molecule has 0 unspecified atom stereocenters. The Hall–Kier alpha value is -4.30. The van der Waals surface area contributed by atoms with Crippen molar-refractivity contribution in [1.82, 2.24) is 0 Å². The molecule has 0 aromatic heterocycles. The van der Waals surface area contributed by atoms with Gasteiger partial charge in [-0.1, -0.05) is 109 Å². The third-order valence-corrected chi connectivity index (χ3v) is 7.08. The third kappa shape index (κ3) is 3.18. The van der Waals surface area contributed by atoms with Crippen molar-refractivity contribution in [3.63, 3.8) is 0 Å². The van der Waals surface area contributed by atoms with Crippen molar-refractivity contribution in [2.24, 2.45) is 0 Å². The Morgan fingerprint density at radius 3 is 1.06 bits per heavy atom. The van der Waals surface area contributed by atoms with Gasteiger partial charge < -0.3 is 9.80 Å². The van der Waals surface area contributed by atoms with Gasteiger partial charge in [0.15, 0.2) is 5.66 Å². The number of nitrogens with zero attached hydrogens (tertiary/aromatic N) is 2. The number of fused-ring (bicyclic) bond motifs is 1. The monoisotopic (exact) mass is 452 g/mol. The van der Waals surface area contributed by atoms with Crippen LogP contribution in [-0.4, -0.2) is 0 Å². The summed E-state index contributed by atoms with van der Waals surface area (Å²) in [5.41, 5.74) is 9.07. The van der Waals surface area contributed by atoms with Crippen molar-refractivity contribution >= 4 is 22.7 Å². The second-order valence-electron chi connectivity index (χ2n) is 9.14. The van der Waals surface area contributed by atoms with Crippen molar-refractivity contribution in [2.45, 2.75) is 19.5 Å². The van der Waals surface area contributed by atoms with Gasteiger partial charge in [-0.2, -0.15) is 0 Å². The number of hydrogen-bond acceptors (Lipinski definition) is 2. The molecule has 0 N–H and O–H groups in total. The van der Waals surface area contributed by atoms with Crippen molar-refractivity contribution < 1.29 is 0 Å². The first-order valence-electron chi connectivity index (χ1n) is 12.1. The van der Waals surface area contributed by atoms with Gasteiger partial charge in [0.05, 0.1) is 11.4 Å². The quantitative estimate of drug-likeness (QED) is 0.270. The predicted molar refractivity (Wildman–Crippen MR) is 147 cm³/mol. The molecule has 1 aliphatic rings. The lowest BCUT2D eigenvalue weighted by atomic mass is 9.87. The molecular weight excluding hydrogens is 424 g/mol. The topological polar surface area (TPSA) is 6.48 Å². The van der Waals surface area contributed by atoms with Gasteiger partial charge in [-0.15, -0.1) is 0 Å². The molecule has 1 heterocycles. The van der Waals surface area contributed by atoms with E-state index in [1.807, 2.05) is 0 Å². The van der Waals surface area contributed by atoms with Crippen LogP contribution < -0.4 is 9.80 Å². The van der Waals surface area contributed by atoms with E-state index >= 15 is 0 Å². The molecular formula is C33H28N2. The minimum atomic E-state index is -0.621. The van der Waals surface area contributed by atoms with Crippen LogP contribution in [0.5, 0.6) is 0 Å². The molecule has 6 rings (SSSR count). The SMILES string of the molecule is Cc1ccccc1N1c2ccccc2N(c2ccccc2C)C1(c1ccccc1)c1ccccc1. The maximum atomic E-state index is 2.54. The molecule has 0 atom stereocenters. The molecule has 2 nitrogen and oxygen atoms in total. The van der Waals surface area contributed by atoms with Crippen LogP contribution in [0.2, 0.25) is 0 Å². The number of para-hydroxylation sites is 4. The van der Waals surface area contributed by atoms with E-state index in [0.29, 0.717) is 0 Å². The lowest BCUT2D eigenvalue weighted by molar-refractivity contribution is 0.558. The summed E-state index contributed by atoms with van der Waals surface area (Å²) < 4.78 is 0. The minimum absolute atomic E-state index is 0.621. The Morgan fingerprint density at radius 2 is 0.686 bits per heavy atom. The highest BCUT2D eigenvalue weighted by Crippen LogP contribution is 2.60. The summed E-state index contributed by atoms with van der Waals surface area (Å²) in [7, 11) is 0. The minimum Gasteiger partial charge on any atom is -0.307 e. The van der Waals surface area contributed by atoms with Crippen LogP contribution in [-0.2, 0) is 5.66 Å². The zero-order valence-corrected chi connectivity index (χ0v) is 20.1. The Bertz CT molecular complexity index is 1360. The molecule has 0 spiro atoms. The molecule has 0 fully saturated rings. The maximum Gasteiger partial charge on any atom is 0.175 e. The van der Waals surface area contributed by atoms with Crippen molar-refractivity contribution in [2.75, 3.05) is 9.80 Å². The summed E-state index contributed by atoms with van der Waals surface area (Å²) in [6.07, 6.45) is 0. The lowest BCUT2D eigenvalue weighted by Crippen LogP contribution is -2.52. The summed E-state index contributed by atoms with van der Waals surface area (Å²) in [5.74, 6) is 0. The fourth-order valence-corrected chi connectivity index (χ4v) is 5.55. The summed E-state index contributed by atoms with van der Waals surface area (Å²) in [4.78, 5) is 5.07. The standard InChI is InChI=1S/C33H28N2/c1-25-15-9-11-21-29(25)34-31-23-13-14-24-32(31)35(30-22-12-10-16-26(30)2)33(34,27-17-5-3-6-18-27)28-19-7-4-8-20-28/h3-24H,1-2H3. The van der Waals surface area contributed by atoms with Gasteiger partial charge in [0.1, 0.15) is 0 Å². The van der Waals surface area contributed by atoms with Crippen molar-refractivity contribution in [3.05, 3.63) is 156 Å². The van der Waals surface area contributed by atoms with E-state index in [4.69, 9.17) is 0 Å². The van der Waals surface area contributed by atoms with Gasteiger partial charge in [-0.3, -0.25) is 0 Å². The van der Waals surface area contributed by atoms with Crippen LogP contribution in [0.25, 0.3) is 0 Å². The Kier molecular flexibility index (Phi) is 5.15. The lowest BCUT2D eigenvalue weighted by Gasteiger charge is -2.47. The van der Waals surface area contributed by atoms with E-state index in [0.717, 1.165) is 0 Å². The van der Waals surface area contributed by atoms with E-state index in [1.165, 1.54) is 45.0 Å². The maximum absolute atomic E-state index is 2.54. The van der Waals surface area contributed by atoms with Crippen LogP contribution in [0.15, 0.2) is 133 Å². The molecule has 0 amide bonds. The second kappa shape index (κ2) is 8.48. The molecule has 0 saturated carbocycles. The smallest absolute Gasteiger partial charge is 0.175 e. The zero-order chi connectivity index (χ0) is 23.8. The molecule has 35 heavy (non-hydrogen) atoms. The van der Waals surface area contributed by atoms with Crippen molar-refractivity contribution in [3.8, 4) is 0 Å². The highest BCUT2D eigenvalue weighted by Gasteiger charge is 2.54. The van der Waals surface area contributed by atoms with E-state index < -0.39 is 5.66 Å². The Labute approximate surface area is 207 Å². The van der Waals surface area contributed by atoms with Gasteiger partial charge in [0.2, 0.25) is 0 Å². The summed E-state index contributed by atoms with van der Waals surface area (Å²) in [5, 5.41) is 0. The first-order chi connectivity index (χ1) is 17.2. The molecule has 1 aliphatic heterocycles. The molecule has 0 bridgehead atoms. The first-order valence-corrected chi connectivity index (χ1v) is 12.1. The van der Waals surface area contributed by atoms with E-state index in [1.54, 1.807) is 0 Å². The fraction of sp³-hybridized carbons (Fsp3) is 0.0909. The Morgan fingerprint density at radius 1 is 0.371 bits per heavy atom. The molecule has 0 aliphatic carbocycles. The third-order valence-electron chi connectivity index (χ3n) is 7.08. The summed E-state index contributed by atoms with van der Waals surface area (Å²) in [6.45, 7) is 4.41. The van der Waals surface area contributed by atoms with Crippen LogP contribution in [0.3, 0.4) is 0 Å². The van der Waals surface area contributed by atoms with Crippen LogP contribution in [0.1, 0.15) is 22.3 Å². The van der Waals surface area contributed by atoms with E-state index in [2.05, 4.69) is 157 Å². The number of benzene rings is 5. The molecule has 5 aromatic carbocycles. The predicted octanol–water partition coefficient (Wildman–Crippen LogP) is 8.49. The summed E-state index contributed by atoms with van der Waals surface area (Å²) in [6, 6.07) is 48.0. The van der Waals surface area contributed by atoms with Crippen LogP contribution in [0.4, 0.5) is 22.7 Å². The highest BCUT2D eigenvalue weighted by atomic mass is 15.5. The Balaban J connectivity index is 1.81. The number of hydrogen-bond donors (Lipinski definition) is 0. The van der Waals surface area contributed by atoms with E-state index in [-0.39, 0.29) is 0 Å². The molecule has 2 heteroatoms. The number of anilines is 4. The van der Waals surface area contributed by atoms with Gasteiger partial charge in [0, 0.05) is 22.5 Å². The van der Waals surface area contributed by atoms with E-state index in [9.17, 15) is 0 Å². The van der Waals surface area contributed by atoms with Gasteiger partial charge in [0.25, 0.3) is 0 Å². The van der Waals surface area contributed by atoms with Crippen LogP contribution in [0, 0.1) is 13.8 Å². The first kappa shape index (κ1) is 21.2. The average Bonchev–Trinajstić information content (AvgIpc) is 3.22. The highest BCUT2D eigenvalue weighted by molar-refractivity contribution is 5.93. The zero-order valence-electron chi connectivity index (χ0n) is 20.1. The fourth-order valence-electron chi connectivity index (χ4n) is 5.55. The molecule has 170 valence electrons. The normalized spacial score (nSPS) is 14.1. The molecule has 0 radical (unpaired) electrons. The van der Waals surface area contributed by atoms with Gasteiger partial charge in [-0.05, 0) is 49.2 Å². The van der Waals surface area contributed by atoms with Gasteiger partial charge in [-0.25, -0.2) is 0 Å². The number of rotatable bonds is 4. The molecule has 5 aromatic rings. The van der Waals surface area contributed by atoms with Crippen LogP contribution >= 0.6 is 0 Å². The van der Waals surface area contributed by atoms with Crippen molar-refractivity contribution in [1.29, 1.82) is 0 Å². The average molecular weight is 453 g/mol. The summed E-state index contributed by atoms with van der Waals surface area (Å²) >= 11 is 0. The largest absolute Gasteiger partial charge is 0.307 e. The number of aryl methyl sites for hydroxylation is 2.